The predicted molar refractivity (Wildman–Crippen MR) is 97.6 cm³/mol. The molecule has 2 atom stereocenters. The molecule has 6 heteroatoms. The topological polar surface area (TPSA) is 104 Å². The van der Waals surface area contributed by atoms with Crippen LogP contribution in [0.2, 0.25) is 0 Å². The van der Waals surface area contributed by atoms with Gasteiger partial charge in [-0.2, -0.15) is 0 Å². The number of nitrogens with zero attached hydrogens (tertiary/aromatic N) is 1. The van der Waals surface area contributed by atoms with Gasteiger partial charge in [0, 0.05) is 30.5 Å². The minimum Gasteiger partial charge on any atom is -0.508 e. The Bertz CT molecular complexity index is 822. The highest BCUT2D eigenvalue weighted by molar-refractivity contribution is 5.35. The zero-order valence-corrected chi connectivity index (χ0v) is 14.4. The molecule has 0 aliphatic rings. The SMILES string of the molecule is CC(=C=CC[C@@H](O)c1ccccc1O)C[C@@H](O)c1ccc([N+](=O)[O-])cc1. The Balaban J connectivity index is 1.97. The van der Waals surface area contributed by atoms with Crippen molar-refractivity contribution in [3.05, 3.63) is 87.2 Å². The van der Waals surface area contributed by atoms with Gasteiger partial charge in [-0.25, -0.2) is 0 Å². The lowest BCUT2D eigenvalue weighted by Gasteiger charge is -2.10. The molecule has 0 aliphatic heterocycles. The molecule has 0 heterocycles. The fraction of sp³-hybridized carbons (Fsp3) is 0.250. The first kappa shape index (κ1) is 19.4. The lowest BCUT2D eigenvalue weighted by molar-refractivity contribution is -0.384. The minimum atomic E-state index is -0.837. The van der Waals surface area contributed by atoms with Crippen LogP contribution in [0.3, 0.4) is 0 Å². The number of hydrogen-bond donors (Lipinski definition) is 3. The van der Waals surface area contributed by atoms with E-state index in [-0.39, 0.29) is 17.9 Å². The van der Waals surface area contributed by atoms with Crippen LogP contribution in [0.15, 0.2) is 65.9 Å². The Morgan fingerprint density at radius 3 is 2.42 bits per heavy atom. The number of benzene rings is 2. The van der Waals surface area contributed by atoms with Crippen LogP contribution in [0.1, 0.15) is 43.1 Å². The third-order valence-corrected chi connectivity index (χ3v) is 3.97. The van der Waals surface area contributed by atoms with Gasteiger partial charge in [-0.15, -0.1) is 5.73 Å². The van der Waals surface area contributed by atoms with Crippen LogP contribution in [-0.2, 0) is 0 Å². The van der Waals surface area contributed by atoms with Crippen molar-refractivity contribution in [2.45, 2.75) is 32.0 Å². The largest absolute Gasteiger partial charge is 0.508 e. The summed E-state index contributed by atoms with van der Waals surface area (Å²) in [6.07, 6.45) is 0.634. The standard InChI is InChI=1S/C20H21NO5/c1-14(5-4-8-19(23)17-6-2-3-7-18(17)22)13-20(24)15-9-11-16(12-10-15)21(25)26/h2-4,6-7,9-12,19-20,22-24H,8,13H2,1H3/t5?,19-,20-/m1/s1. The van der Waals surface area contributed by atoms with E-state index in [1.807, 2.05) is 0 Å². The zero-order chi connectivity index (χ0) is 19.1. The summed E-state index contributed by atoms with van der Waals surface area (Å²) >= 11 is 0. The summed E-state index contributed by atoms with van der Waals surface area (Å²) in [5.74, 6) is 0.0442. The molecule has 0 amide bonds. The molecule has 0 spiro atoms. The molecule has 2 rings (SSSR count). The molecule has 0 unspecified atom stereocenters. The fourth-order valence-corrected chi connectivity index (χ4v) is 2.53. The van der Waals surface area contributed by atoms with Crippen molar-refractivity contribution in [3.8, 4) is 5.75 Å². The Hall–Kier alpha value is -2.92. The van der Waals surface area contributed by atoms with E-state index in [4.69, 9.17) is 0 Å². The Morgan fingerprint density at radius 2 is 1.81 bits per heavy atom. The molecule has 0 aliphatic carbocycles. The molecule has 2 aromatic carbocycles. The normalized spacial score (nSPS) is 12.7. The summed E-state index contributed by atoms with van der Waals surface area (Å²) in [7, 11) is 0. The van der Waals surface area contributed by atoms with Gasteiger partial charge in [-0.3, -0.25) is 10.1 Å². The average molecular weight is 355 g/mol. The van der Waals surface area contributed by atoms with Gasteiger partial charge in [-0.1, -0.05) is 18.2 Å². The highest BCUT2D eigenvalue weighted by Gasteiger charge is 2.12. The highest BCUT2D eigenvalue weighted by Crippen LogP contribution is 2.26. The molecular weight excluding hydrogens is 334 g/mol. The van der Waals surface area contributed by atoms with E-state index in [2.05, 4.69) is 5.73 Å². The lowest BCUT2D eigenvalue weighted by Crippen LogP contribution is -1.98. The van der Waals surface area contributed by atoms with E-state index >= 15 is 0 Å². The molecule has 2 aromatic rings. The number of nitro groups is 1. The van der Waals surface area contributed by atoms with E-state index in [1.165, 1.54) is 30.3 Å². The first-order valence-corrected chi connectivity index (χ1v) is 8.17. The van der Waals surface area contributed by atoms with Gasteiger partial charge in [0.1, 0.15) is 5.75 Å². The van der Waals surface area contributed by atoms with Crippen LogP contribution in [-0.4, -0.2) is 20.2 Å². The zero-order valence-electron chi connectivity index (χ0n) is 14.4. The van der Waals surface area contributed by atoms with Crippen molar-refractivity contribution in [2.75, 3.05) is 0 Å². The number of para-hydroxylation sites is 1. The Morgan fingerprint density at radius 1 is 1.15 bits per heavy atom. The predicted octanol–water partition coefficient (Wildman–Crippen LogP) is 3.95. The average Bonchev–Trinajstić information content (AvgIpc) is 2.62. The van der Waals surface area contributed by atoms with Gasteiger partial charge in [0.05, 0.1) is 17.1 Å². The fourth-order valence-electron chi connectivity index (χ4n) is 2.53. The maximum Gasteiger partial charge on any atom is 0.269 e. The molecule has 0 saturated heterocycles. The summed E-state index contributed by atoms with van der Waals surface area (Å²) in [5.41, 5.74) is 4.81. The van der Waals surface area contributed by atoms with Gasteiger partial charge < -0.3 is 15.3 Å². The number of aromatic hydroxyl groups is 1. The number of hydrogen-bond acceptors (Lipinski definition) is 5. The third kappa shape index (κ3) is 5.29. The van der Waals surface area contributed by atoms with Crippen LogP contribution in [0.5, 0.6) is 5.75 Å². The molecule has 0 radical (unpaired) electrons. The third-order valence-electron chi connectivity index (χ3n) is 3.97. The van der Waals surface area contributed by atoms with Crippen LogP contribution in [0.4, 0.5) is 5.69 Å². The van der Waals surface area contributed by atoms with Crippen LogP contribution in [0, 0.1) is 10.1 Å². The number of phenols is 1. The number of nitro benzene ring substituents is 1. The highest BCUT2D eigenvalue weighted by atomic mass is 16.6. The van der Waals surface area contributed by atoms with E-state index in [9.17, 15) is 25.4 Å². The Kier molecular flexibility index (Phi) is 6.69. The summed E-state index contributed by atoms with van der Waals surface area (Å²) in [5, 5.41) is 40.7. The van der Waals surface area contributed by atoms with Crippen molar-refractivity contribution < 1.29 is 20.2 Å². The molecule has 136 valence electrons. The van der Waals surface area contributed by atoms with E-state index in [0.29, 0.717) is 17.5 Å². The van der Waals surface area contributed by atoms with E-state index in [0.717, 1.165) is 5.57 Å². The maximum atomic E-state index is 10.6. The van der Waals surface area contributed by atoms with Crippen LogP contribution >= 0.6 is 0 Å². The van der Waals surface area contributed by atoms with Gasteiger partial charge in [0.15, 0.2) is 0 Å². The number of aliphatic hydroxyl groups is 2. The number of non-ortho nitro benzene ring substituents is 1. The number of phenolic OH excluding ortho intramolecular Hbond substituents is 1. The second kappa shape index (κ2) is 8.97. The first-order chi connectivity index (χ1) is 12.4. The molecule has 26 heavy (non-hydrogen) atoms. The summed E-state index contributed by atoms with van der Waals surface area (Å²) in [6, 6.07) is 12.4. The quantitative estimate of drug-likeness (QED) is 0.396. The van der Waals surface area contributed by atoms with E-state index < -0.39 is 17.1 Å². The van der Waals surface area contributed by atoms with Crippen molar-refractivity contribution in [1.29, 1.82) is 0 Å². The van der Waals surface area contributed by atoms with Crippen molar-refractivity contribution in [3.63, 3.8) is 0 Å². The smallest absolute Gasteiger partial charge is 0.269 e. The van der Waals surface area contributed by atoms with Crippen molar-refractivity contribution >= 4 is 5.69 Å². The second-order valence-electron chi connectivity index (χ2n) is 6.01. The summed E-state index contributed by atoms with van der Waals surface area (Å²) in [4.78, 5) is 10.2. The molecule has 6 nitrogen and oxygen atoms in total. The minimum absolute atomic E-state index is 0.0220. The van der Waals surface area contributed by atoms with Gasteiger partial charge in [-0.05, 0) is 42.3 Å². The summed E-state index contributed by atoms with van der Waals surface area (Å²) < 4.78 is 0. The molecule has 0 saturated carbocycles. The van der Waals surface area contributed by atoms with Crippen LogP contribution < -0.4 is 0 Å². The van der Waals surface area contributed by atoms with Crippen LogP contribution in [0.25, 0.3) is 0 Å². The second-order valence-corrected chi connectivity index (χ2v) is 6.01. The Labute approximate surface area is 151 Å². The van der Waals surface area contributed by atoms with Gasteiger partial charge in [0.2, 0.25) is 0 Å². The van der Waals surface area contributed by atoms with Gasteiger partial charge >= 0.3 is 0 Å². The molecule has 0 fully saturated rings. The summed E-state index contributed by atoms with van der Waals surface area (Å²) in [6.45, 7) is 1.80. The molecule has 0 aromatic heterocycles. The van der Waals surface area contributed by atoms with Gasteiger partial charge in [0.25, 0.3) is 5.69 Å². The molecule has 0 bridgehead atoms. The monoisotopic (exact) mass is 355 g/mol. The number of rotatable bonds is 7. The lowest BCUT2D eigenvalue weighted by atomic mass is 10.0. The van der Waals surface area contributed by atoms with E-state index in [1.54, 1.807) is 31.2 Å². The molecule has 3 N–H and O–H groups in total. The van der Waals surface area contributed by atoms with Crippen molar-refractivity contribution in [2.24, 2.45) is 0 Å². The number of aliphatic hydroxyl groups excluding tert-OH is 2. The molecular formula is C20H21NO5. The maximum absolute atomic E-state index is 10.6. The first-order valence-electron chi connectivity index (χ1n) is 8.17. The van der Waals surface area contributed by atoms with Crippen molar-refractivity contribution in [1.82, 2.24) is 0 Å².